The fourth-order valence-corrected chi connectivity index (χ4v) is 5.28. The molecule has 0 unspecified atom stereocenters. The number of aromatic hydroxyl groups is 1. The van der Waals surface area contributed by atoms with Gasteiger partial charge in [0.2, 0.25) is 5.91 Å². The van der Waals surface area contributed by atoms with Crippen LogP contribution in [-0.4, -0.2) is 15.6 Å². The smallest absolute Gasteiger partial charge is 0.249 e. The molecule has 0 fully saturated rings. The average molecular weight is 483 g/mol. The number of nitrogens with zero attached hydrogens (tertiary/aromatic N) is 1. The van der Waals surface area contributed by atoms with Gasteiger partial charge in [0.05, 0.1) is 16.4 Å². The first-order valence-electron chi connectivity index (χ1n) is 12.3. The van der Waals surface area contributed by atoms with Gasteiger partial charge in [-0.2, -0.15) is 0 Å². The molecule has 180 valence electrons. The average Bonchev–Trinajstić information content (AvgIpc) is 3.24. The maximum atomic E-state index is 12.4. The van der Waals surface area contributed by atoms with E-state index in [1.54, 1.807) is 12.1 Å². The molecule has 0 aliphatic rings. The Bertz CT molecular complexity index is 1750. The van der Waals surface area contributed by atoms with Crippen molar-refractivity contribution in [3.8, 4) is 16.9 Å². The van der Waals surface area contributed by atoms with Crippen molar-refractivity contribution in [2.75, 3.05) is 0 Å². The van der Waals surface area contributed by atoms with Crippen LogP contribution in [0.2, 0.25) is 0 Å². The van der Waals surface area contributed by atoms with E-state index in [9.17, 15) is 9.90 Å². The van der Waals surface area contributed by atoms with Crippen molar-refractivity contribution in [3.63, 3.8) is 0 Å². The van der Waals surface area contributed by atoms with Crippen LogP contribution in [0.3, 0.4) is 0 Å². The summed E-state index contributed by atoms with van der Waals surface area (Å²) in [6.07, 6.45) is 0.821. The Hall–Kier alpha value is -4.83. The quantitative estimate of drug-likeness (QED) is 0.271. The zero-order chi connectivity index (χ0) is 25.4. The van der Waals surface area contributed by atoms with Gasteiger partial charge >= 0.3 is 0 Å². The molecule has 0 atom stereocenters. The van der Waals surface area contributed by atoms with Crippen molar-refractivity contribution >= 4 is 27.7 Å². The van der Waals surface area contributed by atoms with E-state index < -0.39 is 5.91 Å². The minimum Gasteiger partial charge on any atom is -0.507 e. The lowest BCUT2D eigenvalue weighted by atomic mass is 9.99. The molecule has 5 aromatic carbocycles. The summed E-state index contributed by atoms with van der Waals surface area (Å²) >= 11 is 0. The van der Waals surface area contributed by atoms with E-state index in [-0.39, 0.29) is 5.75 Å². The number of carbonyl (C=O) groups excluding carboxylic acids is 1. The minimum absolute atomic E-state index is 0.131. The standard InChI is InChI=1S/C33H26N2O2/c34-33(37)27-16-9-17-28-31(27)32-29(19-26(20-30(32)36)23-12-5-2-6-13-23)35(28)21-25-15-8-7-14-24(25)18-22-10-3-1-4-11-22/h1-17,19-20,36H,18,21H2,(H2,34,37). The molecular weight excluding hydrogens is 456 g/mol. The number of carbonyl (C=O) groups is 1. The van der Waals surface area contributed by atoms with Crippen LogP contribution in [0, 0.1) is 0 Å². The molecule has 4 nitrogen and oxygen atoms in total. The van der Waals surface area contributed by atoms with Gasteiger partial charge in [0.25, 0.3) is 0 Å². The second-order valence-electron chi connectivity index (χ2n) is 9.34. The molecule has 4 heteroatoms. The van der Waals surface area contributed by atoms with Crippen molar-refractivity contribution in [2.45, 2.75) is 13.0 Å². The Labute approximate surface area is 215 Å². The summed E-state index contributed by atoms with van der Waals surface area (Å²) < 4.78 is 2.19. The summed E-state index contributed by atoms with van der Waals surface area (Å²) in [7, 11) is 0. The number of phenolic OH excluding ortho intramolecular Hbond substituents is 1. The van der Waals surface area contributed by atoms with E-state index in [4.69, 9.17) is 5.73 Å². The van der Waals surface area contributed by atoms with E-state index in [0.717, 1.165) is 28.6 Å². The maximum absolute atomic E-state index is 12.4. The zero-order valence-corrected chi connectivity index (χ0v) is 20.3. The lowest BCUT2D eigenvalue weighted by molar-refractivity contribution is 0.100. The van der Waals surface area contributed by atoms with Gasteiger partial charge in [-0.25, -0.2) is 0 Å². The molecule has 3 N–H and O–H groups in total. The molecule has 0 saturated carbocycles. The van der Waals surface area contributed by atoms with Crippen LogP contribution >= 0.6 is 0 Å². The topological polar surface area (TPSA) is 68.2 Å². The van der Waals surface area contributed by atoms with Gasteiger partial charge in [0, 0.05) is 17.5 Å². The Morgan fingerprint density at radius 1 is 0.676 bits per heavy atom. The number of fused-ring (bicyclic) bond motifs is 3. The molecule has 0 spiro atoms. The number of rotatable bonds is 6. The van der Waals surface area contributed by atoms with Crippen molar-refractivity contribution in [2.24, 2.45) is 5.73 Å². The van der Waals surface area contributed by atoms with Gasteiger partial charge in [-0.3, -0.25) is 4.79 Å². The van der Waals surface area contributed by atoms with Gasteiger partial charge < -0.3 is 15.4 Å². The third-order valence-corrected chi connectivity index (χ3v) is 7.03. The highest BCUT2D eigenvalue weighted by Crippen LogP contribution is 2.40. The number of hydrogen-bond acceptors (Lipinski definition) is 2. The fourth-order valence-electron chi connectivity index (χ4n) is 5.28. The number of nitrogens with two attached hydrogens (primary N) is 1. The molecule has 0 saturated heterocycles. The van der Waals surface area contributed by atoms with Crippen molar-refractivity contribution in [1.82, 2.24) is 4.57 Å². The Morgan fingerprint density at radius 3 is 2.08 bits per heavy atom. The highest BCUT2D eigenvalue weighted by molar-refractivity contribution is 6.20. The number of amides is 1. The zero-order valence-electron chi connectivity index (χ0n) is 20.3. The predicted molar refractivity (Wildman–Crippen MR) is 150 cm³/mol. The summed E-state index contributed by atoms with van der Waals surface area (Å²) in [6.45, 7) is 0.586. The molecule has 0 radical (unpaired) electrons. The van der Waals surface area contributed by atoms with Crippen molar-refractivity contribution < 1.29 is 9.90 Å². The minimum atomic E-state index is -0.513. The van der Waals surface area contributed by atoms with Gasteiger partial charge in [-0.1, -0.05) is 91.0 Å². The predicted octanol–water partition coefficient (Wildman–Crippen LogP) is 6.91. The SMILES string of the molecule is NC(=O)c1cccc2c1c1c(O)cc(-c3ccccc3)cc1n2Cc1ccccc1Cc1ccccc1. The normalized spacial score (nSPS) is 11.2. The van der Waals surface area contributed by atoms with Gasteiger partial charge in [-0.05, 0) is 58.5 Å². The Kier molecular flexibility index (Phi) is 5.70. The molecule has 0 aliphatic heterocycles. The second-order valence-corrected chi connectivity index (χ2v) is 9.34. The summed E-state index contributed by atoms with van der Waals surface area (Å²) in [5.74, 6) is -0.382. The van der Waals surface area contributed by atoms with Crippen molar-refractivity contribution in [1.29, 1.82) is 0 Å². The number of aromatic nitrogens is 1. The molecule has 1 aromatic heterocycles. The van der Waals surface area contributed by atoms with Crippen LogP contribution < -0.4 is 5.73 Å². The largest absolute Gasteiger partial charge is 0.507 e. The van der Waals surface area contributed by atoms with Gasteiger partial charge in [0.1, 0.15) is 5.75 Å². The molecule has 0 aliphatic carbocycles. The van der Waals surface area contributed by atoms with Crippen LogP contribution in [0.25, 0.3) is 32.9 Å². The summed E-state index contributed by atoms with van der Waals surface area (Å²) in [5.41, 5.74) is 13.5. The Balaban J connectivity index is 1.59. The van der Waals surface area contributed by atoms with Crippen LogP contribution in [0.5, 0.6) is 5.75 Å². The summed E-state index contributed by atoms with van der Waals surface area (Å²) in [4.78, 5) is 12.4. The van der Waals surface area contributed by atoms with Crippen LogP contribution in [-0.2, 0) is 13.0 Å². The third kappa shape index (κ3) is 4.13. The monoisotopic (exact) mass is 482 g/mol. The fraction of sp³-hybridized carbons (Fsp3) is 0.0606. The first kappa shape index (κ1) is 22.6. The molecule has 0 bridgehead atoms. The highest BCUT2D eigenvalue weighted by Gasteiger charge is 2.21. The molecule has 1 heterocycles. The molecular formula is C33H26N2O2. The van der Waals surface area contributed by atoms with Crippen LogP contribution in [0.4, 0.5) is 0 Å². The van der Waals surface area contributed by atoms with E-state index in [0.29, 0.717) is 22.9 Å². The van der Waals surface area contributed by atoms with E-state index in [2.05, 4.69) is 59.2 Å². The van der Waals surface area contributed by atoms with Gasteiger partial charge in [-0.15, -0.1) is 0 Å². The van der Waals surface area contributed by atoms with E-state index >= 15 is 0 Å². The third-order valence-electron chi connectivity index (χ3n) is 7.03. The lowest BCUT2D eigenvalue weighted by Crippen LogP contribution is -2.11. The van der Waals surface area contributed by atoms with E-state index in [1.807, 2.05) is 48.5 Å². The number of hydrogen-bond donors (Lipinski definition) is 2. The summed E-state index contributed by atoms with van der Waals surface area (Å²) in [5, 5.41) is 12.6. The first-order valence-corrected chi connectivity index (χ1v) is 12.3. The molecule has 37 heavy (non-hydrogen) atoms. The van der Waals surface area contributed by atoms with Crippen molar-refractivity contribution in [3.05, 3.63) is 138 Å². The number of phenols is 1. The summed E-state index contributed by atoms with van der Waals surface area (Å²) in [6, 6.07) is 38.3. The number of primary amides is 1. The molecule has 1 amide bonds. The second kappa shape index (κ2) is 9.32. The van der Waals surface area contributed by atoms with E-state index in [1.165, 1.54) is 16.7 Å². The highest BCUT2D eigenvalue weighted by atomic mass is 16.3. The first-order chi connectivity index (χ1) is 18.1. The number of benzene rings is 5. The lowest BCUT2D eigenvalue weighted by Gasteiger charge is -2.14. The van der Waals surface area contributed by atoms with Crippen LogP contribution in [0.15, 0.2) is 115 Å². The Morgan fingerprint density at radius 2 is 1.35 bits per heavy atom. The van der Waals surface area contributed by atoms with Crippen LogP contribution in [0.1, 0.15) is 27.0 Å². The van der Waals surface area contributed by atoms with Gasteiger partial charge in [0.15, 0.2) is 0 Å². The molecule has 6 aromatic rings. The molecule has 6 rings (SSSR count). The maximum Gasteiger partial charge on any atom is 0.249 e.